The second kappa shape index (κ2) is 7.43. The molecule has 0 spiro atoms. The molecule has 30 heavy (non-hydrogen) atoms. The zero-order chi connectivity index (χ0) is 22.1. The van der Waals surface area contributed by atoms with Gasteiger partial charge in [0.25, 0.3) is 0 Å². The van der Waals surface area contributed by atoms with E-state index in [0.29, 0.717) is 38.5 Å². The Morgan fingerprint density at radius 2 is 1.77 bits per heavy atom. The first kappa shape index (κ1) is 22.5. The molecular formula is C24H40O6. The summed E-state index contributed by atoms with van der Waals surface area (Å²) in [6, 6.07) is 0. The smallest absolute Gasteiger partial charge is 0.303 e. The fourth-order valence-corrected chi connectivity index (χ4v) is 8.71. The Morgan fingerprint density at radius 1 is 1.07 bits per heavy atom. The second-order valence-corrected chi connectivity index (χ2v) is 11.6. The van der Waals surface area contributed by atoms with Crippen LogP contribution in [0.4, 0.5) is 0 Å². The highest BCUT2D eigenvalue weighted by Gasteiger charge is 2.69. The maximum absolute atomic E-state index is 11.5. The molecule has 6 heteroatoms. The minimum atomic E-state index is -1.09. The Bertz CT molecular complexity index is 683. The van der Waals surface area contributed by atoms with Crippen LogP contribution >= 0.6 is 0 Å². The SMILES string of the molecule is C[C@H](CCC(=O)O)[C@H]1CC[C@H]2[C@@H]3[C@H](O)C[C@]4(O)C[C@H](O)CC[C@]4(C)[C@H]3C[C@H](O)[C@]12C. The third-order valence-electron chi connectivity index (χ3n) is 10.5. The second-order valence-electron chi connectivity index (χ2n) is 11.6. The Kier molecular flexibility index (Phi) is 5.57. The van der Waals surface area contributed by atoms with Crippen molar-refractivity contribution < 1.29 is 30.3 Å². The minimum Gasteiger partial charge on any atom is -0.481 e. The monoisotopic (exact) mass is 424 g/mol. The molecule has 4 saturated carbocycles. The molecule has 0 heterocycles. The quantitative estimate of drug-likeness (QED) is 0.473. The van der Waals surface area contributed by atoms with Crippen LogP contribution in [-0.4, -0.2) is 55.4 Å². The van der Waals surface area contributed by atoms with Gasteiger partial charge in [-0.05, 0) is 78.9 Å². The van der Waals surface area contributed by atoms with E-state index >= 15 is 0 Å². The number of fused-ring (bicyclic) bond motifs is 5. The van der Waals surface area contributed by atoms with Gasteiger partial charge in [0.1, 0.15) is 0 Å². The van der Waals surface area contributed by atoms with Gasteiger partial charge in [-0.2, -0.15) is 0 Å². The molecule has 0 aromatic heterocycles. The van der Waals surface area contributed by atoms with Crippen molar-refractivity contribution in [3.63, 3.8) is 0 Å². The van der Waals surface area contributed by atoms with Crippen LogP contribution in [0.5, 0.6) is 0 Å². The number of hydrogen-bond donors (Lipinski definition) is 5. The topological polar surface area (TPSA) is 118 Å². The number of hydrogen-bond acceptors (Lipinski definition) is 5. The molecule has 4 aliphatic carbocycles. The Morgan fingerprint density at radius 3 is 2.43 bits per heavy atom. The lowest BCUT2D eigenvalue weighted by molar-refractivity contribution is -0.263. The van der Waals surface area contributed by atoms with Gasteiger partial charge in [0, 0.05) is 19.3 Å². The zero-order valence-electron chi connectivity index (χ0n) is 18.6. The highest BCUT2D eigenvalue weighted by Crippen LogP contribution is 2.69. The van der Waals surface area contributed by atoms with Gasteiger partial charge in [-0.3, -0.25) is 4.79 Å². The average molecular weight is 425 g/mol. The number of aliphatic hydroxyl groups excluding tert-OH is 3. The van der Waals surface area contributed by atoms with Crippen LogP contribution in [0.2, 0.25) is 0 Å². The van der Waals surface area contributed by atoms with E-state index in [4.69, 9.17) is 5.11 Å². The van der Waals surface area contributed by atoms with E-state index in [-0.39, 0.29) is 41.4 Å². The molecule has 0 unspecified atom stereocenters. The third-order valence-corrected chi connectivity index (χ3v) is 10.5. The number of aliphatic carboxylic acids is 1. The van der Waals surface area contributed by atoms with Crippen molar-refractivity contribution in [2.75, 3.05) is 0 Å². The highest BCUT2D eigenvalue weighted by molar-refractivity contribution is 5.66. The standard InChI is InChI=1S/C24H40O6/c1-13(4-7-20(28)29)15-5-6-16-21-17(10-19(27)23(15,16)3)22(2)9-8-14(25)11-24(22,30)12-18(21)26/h13-19,21,25-27,30H,4-12H2,1-3H3,(H,28,29)/t13-,14-,15-,16+,17+,18-,19+,21+,22-,23-,24-/m1/s1. The Hall–Kier alpha value is -0.690. The van der Waals surface area contributed by atoms with Crippen molar-refractivity contribution in [2.24, 2.45) is 40.4 Å². The predicted octanol–water partition coefficient (Wildman–Crippen LogP) is 2.56. The summed E-state index contributed by atoms with van der Waals surface area (Å²) in [7, 11) is 0. The first-order chi connectivity index (χ1) is 13.9. The van der Waals surface area contributed by atoms with Gasteiger partial charge in [0.05, 0.1) is 23.9 Å². The van der Waals surface area contributed by atoms with Crippen LogP contribution in [0.1, 0.15) is 78.6 Å². The summed E-state index contributed by atoms with van der Waals surface area (Å²) in [6.07, 6.45) is 3.49. The van der Waals surface area contributed by atoms with Crippen molar-refractivity contribution in [2.45, 2.75) is 102 Å². The van der Waals surface area contributed by atoms with Gasteiger partial charge in [0.15, 0.2) is 0 Å². The summed E-state index contributed by atoms with van der Waals surface area (Å²) >= 11 is 0. The molecule has 0 amide bonds. The van der Waals surface area contributed by atoms with E-state index < -0.39 is 35.3 Å². The van der Waals surface area contributed by atoms with Gasteiger partial charge in [-0.25, -0.2) is 0 Å². The zero-order valence-corrected chi connectivity index (χ0v) is 18.6. The van der Waals surface area contributed by atoms with Gasteiger partial charge >= 0.3 is 5.97 Å². The fraction of sp³-hybridized carbons (Fsp3) is 0.958. The van der Waals surface area contributed by atoms with E-state index in [1.54, 1.807) is 0 Å². The van der Waals surface area contributed by atoms with Crippen LogP contribution < -0.4 is 0 Å². The number of carbonyl (C=O) groups is 1. The molecule has 11 atom stereocenters. The molecule has 6 nitrogen and oxygen atoms in total. The first-order valence-electron chi connectivity index (χ1n) is 11.9. The van der Waals surface area contributed by atoms with Crippen LogP contribution in [0.25, 0.3) is 0 Å². The van der Waals surface area contributed by atoms with Gasteiger partial charge < -0.3 is 25.5 Å². The molecule has 4 rings (SSSR count). The number of carboxylic acids is 1. The summed E-state index contributed by atoms with van der Waals surface area (Å²) in [4.78, 5) is 11.1. The molecule has 0 aliphatic heterocycles. The van der Waals surface area contributed by atoms with Crippen LogP contribution in [0.3, 0.4) is 0 Å². The maximum Gasteiger partial charge on any atom is 0.303 e. The lowest BCUT2D eigenvalue weighted by atomic mass is 9.41. The molecule has 4 fully saturated rings. The van der Waals surface area contributed by atoms with E-state index in [9.17, 15) is 25.2 Å². The van der Waals surface area contributed by atoms with E-state index in [1.807, 2.05) is 0 Å². The van der Waals surface area contributed by atoms with Gasteiger partial charge in [0.2, 0.25) is 0 Å². The highest BCUT2D eigenvalue weighted by atomic mass is 16.4. The normalized spacial score (nSPS) is 54.0. The first-order valence-corrected chi connectivity index (χ1v) is 11.9. The van der Waals surface area contributed by atoms with Crippen LogP contribution in [0, 0.1) is 40.4 Å². The molecule has 5 N–H and O–H groups in total. The van der Waals surface area contributed by atoms with E-state index in [0.717, 1.165) is 12.8 Å². The van der Waals surface area contributed by atoms with E-state index in [1.165, 1.54) is 0 Å². The summed E-state index contributed by atoms with van der Waals surface area (Å²) in [6.45, 7) is 6.38. The number of rotatable bonds is 4. The van der Waals surface area contributed by atoms with Crippen molar-refractivity contribution in [1.82, 2.24) is 0 Å². The minimum absolute atomic E-state index is 0.0277. The average Bonchev–Trinajstić information content (AvgIpc) is 3.00. The van der Waals surface area contributed by atoms with Gasteiger partial charge in [-0.1, -0.05) is 20.8 Å². The molecule has 0 aromatic rings. The van der Waals surface area contributed by atoms with Crippen molar-refractivity contribution in [1.29, 1.82) is 0 Å². The lowest BCUT2D eigenvalue weighted by Gasteiger charge is -2.66. The maximum atomic E-state index is 11.5. The molecule has 4 aliphatic rings. The molecule has 0 aromatic carbocycles. The summed E-state index contributed by atoms with van der Waals surface area (Å²) in [5, 5.41) is 53.6. The van der Waals surface area contributed by atoms with Crippen molar-refractivity contribution in [3.8, 4) is 0 Å². The number of aliphatic hydroxyl groups is 4. The summed E-state index contributed by atoms with van der Waals surface area (Å²) in [5.41, 5.74) is -1.84. The molecule has 0 saturated heterocycles. The van der Waals surface area contributed by atoms with Crippen LogP contribution in [-0.2, 0) is 4.79 Å². The molecule has 172 valence electrons. The number of carboxylic acid groups (broad SMARTS) is 1. The van der Waals surface area contributed by atoms with Crippen molar-refractivity contribution >= 4 is 5.97 Å². The Labute approximate surface area is 179 Å². The molecular weight excluding hydrogens is 384 g/mol. The fourth-order valence-electron chi connectivity index (χ4n) is 8.71. The van der Waals surface area contributed by atoms with Crippen LogP contribution in [0.15, 0.2) is 0 Å². The lowest BCUT2D eigenvalue weighted by Crippen LogP contribution is -2.68. The third kappa shape index (κ3) is 3.08. The van der Waals surface area contributed by atoms with Crippen molar-refractivity contribution in [3.05, 3.63) is 0 Å². The summed E-state index contributed by atoms with van der Waals surface area (Å²) < 4.78 is 0. The van der Waals surface area contributed by atoms with E-state index in [2.05, 4.69) is 20.8 Å². The predicted molar refractivity (Wildman–Crippen MR) is 111 cm³/mol. The molecule has 0 bridgehead atoms. The largest absolute Gasteiger partial charge is 0.481 e. The molecule has 0 radical (unpaired) electrons. The summed E-state index contributed by atoms with van der Waals surface area (Å²) in [5.74, 6) is -0.0883. The van der Waals surface area contributed by atoms with Gasteiger partial charge in [-0.15, -0.1) is 0 Å². The Balaban J connectivity index is 1.64.